The zero-order valence-electron chi connectivity index (χ0n) is 8.38. The second kappa shape index (κ2) is 5.59. The third kappa shape index (κ3) is 4.06. The fraction of sp³-hybridized carbons (Fsp3) is 0.500. The molecule has 1 N–H and O–H groups in total. The van der Waals surface area contributed by atoms with Gasteiger partial charge in [0, 0.05) is 12.8 Å². The molecule has 6 heteroatoms. The molecule has 0 aliphatic rings. The monoisotopic (exact) mass is 268 g/mol. The van der Waals surface area contributed by atoms with Gasteiger partial charge in [-0.25, -0.2) is 8.78 Å². The van der Waals surface area contributed by atoms with Crippen LogP contribution in [0.4, 0.5) is 8.78 Å². The summed E-state index contributed by atoms with van der Waals surface area (Å²) < 4.78 is 27.3. The summed E-state index contributed by atoms with van der Waals surface area (Å²) in [6, 6.07) is 2.75. The Hall–Kier alpha value is -0.680. The van der Waals surface area contributed by atoms with E-state index in [1.807, 2.05) is 0 Å². The number of alkyl halides is 2. The molecule has 0 saturated carbocycles. The van der Waals surface area contributed by atoms with Crippen LogP contribution in [0.25, 0.3) is 0 Å². The normalized spacial score (nSPS) is 11.7. The van der Waals surface area contributed by atoms with Crippen LogP contribution in [-0.2, 0) is 10.7 Å². The number of carbonyl (C=O) groups is 1. The van der Waals surface area contributed by atoms with Crippen molar-refractivity contribution in [3.05, 3.63) is 21.3 Å². The molecule has 2 nitrogen and oxygen atoms in total. The van der Waals surface area contributed by atoms with Crippen LogP contribution in [0.1, 0.15) is 30.6 Å². The molecule has 0 fully saturated rings. The third-order valence-corrected chi connectivity index (χ3v) is 3.41. The van der Waals surface area contributed by atoms with Crippen molar-refractivity contribution in [1.29, 1.82) is 0 Å². The number of halogens is 3. The third-order valence-electron chi connectivity index (χ3n) is 2.07. The van der Waals surface area contributed by atoms with Crippen LogP contribution < -0.4 is 0 Å². The van der Waals surface area contributed by atoms with E-state index in [9.17, 15) is 13.6 Å². The van der Waals surface area contributed by atoms with Gasteiger partial charge < -0.3 is 5.11 Å². The molecule has 0 amide bonds. The highest BCUT2D eigenvalue weighted by Gasteiger charge is 2.32. The number of unbranched alkanes of at least 4 members (excludes halogenated alkanes) is 1. The molecule has 0 atom stereocenters. The highest BCUT2D eigenvalue weighted by molar-refractivity contribution is 7.16. The summed E-state index contributed by atoms with van der Waals surface area (Å²) in [6.45, 7) is 0. The first-order valence-corrected chi connectivity index (χ1v) is 5.97. The second-order valence-corrected chi connectivity index (χ2v) is 5.12. The average Bonchev–Trinajstić information content (AvgIpc) is 2.60. The summed E-state index contributed by atoms with van der Waals surface area (Å²) in [5.74, 6) is -3.86. The fourth-order valence-electron chi connectivity index (χ4n) is 1.26. The number of hydrogen-bond donors (Lipinski definition) is 1. The molecule has 1 heterocycles. The standard InChI is InChI=1S/C10H11ClF2O2S/c11-8-5-4-7(16-8)10(12,13)6-2-1-3-9(14)15/h4-5H,1-3,6H2,(H,14,15). The first-order valence-electron chi connectivity index (χ1n) is 4.77. The van der Waals surface area contributed by atoms with Crippen molar-refractivity contribution in [3.8, 4) is 0 Å². The van der Waals surface area contributed by atoms with Crippen LogP contribution in [0.3, 0.4) is 0 Å². The Morgan fingerprint density at radius 3 is 2.62 bits per heavy atom. The average molecular weight is 269 g/mol. The molecule has 0 aromatic carbocycles. The number of thiophene rings is 1. The van der Waals surface area contributed by atoms with Gasteiger partial charge in [-0.2, -0.15) is 0 Å². The molecule has 0 bridgehead atoms. The molecular weight excluding hydrogens is 258 g/mol. The molecule has 0 radical (unpaired) electrons. The predicted octanol–water partition coefficient (Wildman–Crippen LogP) is 4.14. The minimum Gasteiger partial charge on any atom is -0.481 e. The van der Waals surface area contributed by atoms with Gasteiger partial charge in [0.15, 0.2) is 0 Å². The topological polar surface area (TPSA) is 37.3 Å². The first kappa shape index (κ1) is 13.4. The van der Waals surface area contributed by atoms with E-state index in [0.717, 1.165) is 11.3 Å². The second-order valence-electron chi connectivity index (χ2n) is 3.41. The number of hydrogen-bond acceptors (Lipinski definition) is 2. The van der Waals surface area contributed by atoms with Crippen molar-refractivity contribution in [2.45, 2.75) is 31.6 Å². The minimum atomic E-state index is -2.91. The fourth-order valence-corrected chi connectivity index (χ4v) is 2.30. The van der Waals surface area contributed by atoms with Gasteiger partial charge in [0.25, 0.3) is 5.92 Å². The van der Waals surface area contributed by atoms with Gasteiger partial charge in [-0.3, -0.25) is 4.79 Å². The lowest BCUT2D eigenvalue weighted by atomic mass is 10.1. The van der Waals surface area contributed by atoms with Crippen molar-refractivity contribution in [2.75, 3.05) is 0 Å². The molecule has 90 valence electrons. The molecule has 0 spiro atoms. The van der Waals surface area contributed by atoms with Crippen molar-refractivity contribution in [2.24, 2.45) is 0 Å². The Bertz CT molecular complexity index is 365. The lowest BCUT2D eigenvalue weighted by Gasteiger charge is -2.13. The minimum absolute atomic E-state index is 0.0622. The van der Waals surface area contributed by atoms with E-state index in [1.54, 1.807) is 0 Å². The lowest BCUT2D eigenvalue weighted by molar-refractivity contribution is -0.137. The zero-order valence-corrected chi connectivity index (χ0v) is 9.95. The van der Waals surface area contributed by atoms with E-state index in [1.165, 1.54) is 12.1 Å². The van der Waals surface area contributed by atoms with Gasteiger partial charge >= 0.3 is 5.97 Å². The molecule has 0 saturated heterocycles. The molecular formula is C10H11ClF2O2S. The van der Waals surface area contributed by atoms with Gasteiger partial charge in [0.1, 0.15) is 0 Å². The van der Waals surface area contributed by atoms with E-state index < -0.39 is 11.9 Å². The van der Waals surface area contributed by atoms with Crippen molar-refractivity contribution in [3.63, 3.8) is 0 Å². The molecule has 0 aliphatic carbocycles. The van der Waals surface area contributed by atoms with Crippen LogP contribution in [0.15, 0.2) is 12.1 Å². The predicted molar refractivity (Wildman–Crippen MR) is 59.3 cm³/mol. The lowest BCUT2D eigenvalue weighted by Crippen LogP contribution is -2.11. The molecule has 1 aromatic rings. The Morgan fingerprint density at radius 2 is 2.12 bits per heavy atom. The molecule has 0 unspecified atom stereocenters. The Morgan fingerprint density at radius 1 is 1.44 bits per heavy atom. The van der Waals surface area contributed by atoms with Crippen LogP contribution in [0.2, 0.25) is 4.34 Å². The summed E-state index contributed by atoms with van der Waals surface area (Å²) in [5.41, 5.74) is 0. The number of carboxylic acid groups (broad SMARTS) is 1. The summed E-state index contributed by atoms with van der Waals surface area (Å²) in [7, 11) is 0. The summed E-state index contributed by atoms with van der Waals surface area (Å²) in [4.78, 5) is 10.1. The van der Waals surface area contributed by atoms with Crippen LogP contribution >= 0.6 is 22.9 Å². The first-order chi connectivity index (χ1) is 7.42. The van der Waals surface area contributed by atoms with Crippen LogP contribution in [-0.4, -0.2) is 11.1 Å². The maximum atomic E-state index is 13.5. The molecule has 1 aromatic heterocycles. The van der Waals surface area contributed by atoms with Crippen LogP contribution in [0.5, 0.6) is 0 Å². The maximum Gasteiger partial charge on any atom is 0.303 e. The van der Waals surface area contributed by atoms with Gasteiger partial charge in [-0.15, -0.1) is 11.3 Å². The van der Waals surface area contributed by atoms with Crippen molar-refractivity contribution in [1.82, 2.24) is 0 Å². The number of carboxylic acids is 1. The van der Waals surface area contributed by atoms with E-state index >= 15 is 0 Å². The van der Waals surface area contributed by atoms with Crippen LogP contribution in [0, 0.1) is 0 Å². The van der Waals surface area contributed by atoms with Crippen molar-refractivity contribution < 1.29 is 18.7 Å². The SMILES string of the molecule is O=C(O)CCCCC(F)(F)c1ccc(Cl)s1. The Kier molecular flexibility index (Phi) is 4.68. The molecule has 16 heavy (non-hydrogen) atoms. The Balaban J connectivity index is 2.43. The van der Waals surface area contributed by atoms with Gasteiger partial charge in [-0.05, 0) is 25.0 Å². The zero-order chi connectivity index (χ0) is 12.2. The highest BCUT2D eigenvalue weighted by Crippen LogP contribution is 2.39. The van der Waals surface area contributed by atoms with E-state index in [0.29, 0.717) is 4.34 Å². The maximum absolute atomic E-state index is 13.5. The number of rotatable bonds is 6. The smallest absolute Gasteiger partial charge is 0.303 e. The van der Waals surface area contributed by atoms with Gasteiger partial charge in [0.05, 0.1) is 9.21 Å². The van der Waals surface area contributed by atoms with E-state index in [-0.39, 0.29) is 30.6 Å². The van der Waals surface area contributed by atoms with E-state index in [2.05, 4.69) is 0 Å². The molecule has 1 rings (SSSR count). The highest BCUT2D eigenvalue weighted by atomic mass is 35.5. The van der Waals surface area contributed by atoms with Gasteiger partial charge in [-0.1, -0.05) is 11.6 Å². The largest absolute Gasteiger partial charge is 0.481 e. The van der Waals surface area contributed by atoms with E-state index in [4.69, 9.17) is 16.7 Å². The summed E-state index contributed by atoms with van der Waals surface area (Å²) in [5, 5.41) is 8.36. The summed E-state index contributed by atoms with van der Waals surface area (Å²) >= 11 is 6.43. The Labute approximate surface area is 101 Å². The molecule has 0 aliphatic heterocycles. The van der Waals surface area contributed by atoms with Gasteiger partial charge in [0.2, 0.25) is 0 Å². The quantitative estimate of drug-likeness (QED) is 0.788. The van der Waals surface area contributed by atoms with Crippen molar-refractivity contribution >= 4 is 28.9 Å². The summed E-state index contributed by atoms with van der Waals surface area (Å²) in [6.07, 6.45) is 0.0528. The number of aliphatic carboxylic acids is 1.